The monoisotopic (exact) mass is 622 g/mol. The Morgan fingerprint density at radius 3 is 2.42 bits per heavy atom. The molecule has 0 saturated heterocycles. The third kappa shape index (κ3) is 6.30. The van der Waals surface area contributed by atoms with E-state index >= 15 is 4.39 Å². The Hall–Kier alpha value is -3.78. The molecule has 14 heteroatoms. The van der Waals surface area contributed by atoms with Gasteiger partial charge in [0.05, 0.1) is 10.4 Å². The summed E-state index contributed by atoms with van der Waals surface area (Å²) < 4.78 is 89.4. The van der Waals surface area contributed by atoms with Crippen molar-refractivity contribution in [3.63, 3.8) is 0 Å². The Bertz CT molecular complexity index is 1750. The fourth-order valence-electron chi connectivity index (χ4n) is 5.05. The number of benzene rings is 2. The van der Waals surface area contributed by atoms with Gasteiger partial charge in [-0.2, -0.15) is 13.2 Å². The third-order valence-electron chi connectivity index (χ3n) is 7.24. The molecule has 2 aromatic carbocycles. The number of rotatable bonds is 8. The minimum Gasteiger partial charge on any atom is -0.484 e. The van der Waals surface area contributed by atoms with Crippen LogP contribution >= 0.6 is 0 Å². The van der Waals surface area contributed by atoms with Crippen molar-refractivity contribution in [3.8, 4) is 17.3 Å². The summed E-state index contributed by atoms with van der Waals surface area (Å²) in [6, 6.07) is 11.2. The number of halogens is 4. The van der Waals surface area contributed by atoms with Crippen LogP contribution in [0.15, 0.2) is 57.8 Å². The molecule has 2 aromatic heterocycles. The van der Waals surface area contributed by atoms with Gasteiger partial charge in [0.15, 0.2) is 6.61 Å². The van der Waals surface area contributed by atoms with Gasteiger partial charge in [0.1, 0.15) is 17.0 Å². The molecular formula is C29H30F4N4O5S. The number of pyridine rings is 1. The van der Waals surface area contributed by atoms with Crippen LogP contribution in [0.4, 0.5) is 23.6 Å². The van der Waals surface area contributed by atoms with Crippen LogP contribution in [-0.2, 0) is 15.3 Å². The number of aliphatic hydroxyl groups is 1. The van der Waals surface area contributed by atoms with Crippen molar-refractivity contribution in [2.45, 2.75) is 74.2 Å². The number of aryl methyl sites for hydroxylation is 1. The highest BCUT2D eigenvalue weighted by Crippen LogP contribution is 2.42. The highest BCUT2D eigenvalue weighted by molar-refractivity contribution is 7.92. The van der Waals surface area contributed by atoms with Crippen LogP contribution in [0.25, 0.3) is 22.5 Å². The summed E-state index contributed by atoms with van der Waals surface area (Å²) in [6.07, 6.45) is -4.90. The van der Waals surface area contributed by atoms with Crippen molar-refractivity contribution in [3.05, 3.63) is 59.7 Å². The second-order valence-corrected chi connectivity index (χ2v) is 13.8. The highest BCUT2D eigenvalue weighted by Gasteiger charge is 2.55. The summed E-state index contributed by atoms with van der Waals surface area (Å²) in [4.78, 5) is 4.48. The first-order chi connectivity index (χ1) is 20.0. The minimum atomic E-state index is -4.48. The lowest BCUT2D eigenvalue weighted by Gasteiger charge is -2.44. The first kappa shape index (κ1) is 30.7. The van der Waals surface area contributed by atoms with E-state index in [1.54, 1.807) is 25.1 Å². The SMILES string of the molecule is Cc1cc(-c2nnc(N[C@H]3C[C@](O)(C(F)S(=O)(=O)c4ccccc4)C3)o2)nc2c(C(C)(C)C)cc(OCC(F)(F)F)cc12. The number of aromatic nitrogens is 3. The van der Waals surface area contributed by atoms with E-state index in [0.717, 1.165) is 0 Å². The van der Waals surface area contributed by atoms with E-state index < -0.39 is 45.2 Å². The number of ether oxygens (including phenoxy) is 1. The van der Waals surface area contributed by atoms with Gasteiger partial charge < -0.3 is 19.6 Å². The second kappa shape index (κ2) is 10.7. The molecule has 1 atom stereocenters. The molecule has 2 N–H and O–H groups in total. The van der Waals surface area contributed by atoms with Gasteiger partial charge in [-0.3, -0.25) is 0 Å². The van der Waals surface area contributed by atoms with Crippen LogP contribution < -0.4 is 10.1 Å². The Morgan fingerprint density at radius 2 is 1.79 bits per heavy atom. The smallest absolute Gasteiger partial charge is 0.422 e. The molecule has 43 heavy (non-hydrogen) atoms. The zero-order valence-electron chi connectivity index (χ0n) is 23.7. The van der Waals surface area contributed by atoms with Gasteiger partial charge in [-0.15, -0.1) is 5.10 Å². The number of hydrogen-bond acceptors (Lipinski definition) is 9. The molecule has 0 bridgehead atoms. The lowest BCUT2D eigenvalue weighted by atomic mass is 9.76. The summed E-state index contributed by atoms with van der Waals surface area (Å²) in [5, 5.41) is 22.2. The minimum absolute atomic E-state index is 0.0325. The lowest BCUT2D eigenvalue weighted by Crippen LogP contribution is -2.58. The molecule has 5 rings (SSSR count). The van der Waals surface area contributed by atoms with Gasteiger partial charge in [0, 0.05) is 24.3 Å². The number of hydrogen-bond donors (Lipinski definition) is 2. The molecule has 0 radical (unpaired) electrons. The average Bonchev–Trinajstić information content (AvgIpc) is 3.38. The summed E-state index contributed by atoms with van der Waals surface area (Å²) in [5.41, 5.74) is -2.90. The number of nitrogens with one attached hydrogen (secondary N) is 1. The normalized spacial score (nSPS) is 20.1. The van der Waals surface area contributed by atoms with Crippen LogP contribution in [0, 0.1) is 6.92 Å². The molecule has 1 unspecified atom stereocenters. The van der Waals surface area contributed by atoms with Crippen LogP contribution in [0.1, 0.15) is 44.7 Å². The first-order valence-corrected chi connectivity index (χ1v) is 14.9. The zero-order chi connectivity index (χ0) is 31.4. The fourth-order valence-corrected chi connectivity index (χ4v) is 6.60. The van der Waals surface area contributed by atoms with Gasteiger partial charge in [-0.1, -0.05) is 44.1 Å². The largest absolute Gasteiger partial charge is 0.484 e. The van der Waals surface area contributed by atoms with Gasteiger partial charge >= 0.3 is 12.2 Å². The lowest BCUT2D eigenvalue weighted by molar-refractivity contribution is -0.153. The summed E-state index contributed by atoms with van der Waals surface area (Å²) in [5.74, 6) is 0.124. The van der Waals surface area contributed by atoms with E-state index in [4.69, 9.17) is 14.1 Å². The van der Waals surface area contributed by atoms with Crippen molar-refractivity contribution in [1.29, 1.82) is 0 Å². The maximum atomic E-state index is 15.1. The molecule has 4 aromatic rings. The van der Waals surface area contributed by atoms with Crippen LogP contribution in [0.2, 0.25) is 0 Å². The maximum absolute atomic E-state index is 15.1. The highest BCUT2D eigenvalue weighted by atomic mass is 32.2. The Morgan fingerprint density at radius 1 is 1.12 bits per heavy atom. The van der Waals surface area contributed by atoms with E-state index in [1.165, 1.54) is 30.3 Å². The number of alkyl halides is 4. The average molecular weight is 623 g/mol. The summed E-state index contributed by atoms with van der Waals surface area (Å²) in [6.45, 7) is 6.06. The van der Waals surface area contributed by atoms with Crippen molar-refractivity contribution in [2.24, 2.45) is 0 Å². The predicted octanol–water partition coefficient (Wildman–Crippen LogP) is 5.91. The molecule has 1 aliphatic carbocycles. The summed E-state index contributed by atoms with van der Waals surface area (Å²) in [7, 11) is -4.40. The quantitative estimate of drug-likeness (QED) is 0.231. The molecule has 1 aliphatic rings. The Kier molecular flexibility index (Phi) is 7.66. The van der Waals surface area contributed by atoms with Crippen molar-refractivity contribution >= 4 is 26.8 Å². The van der Waals surface area contributed by atoms with E-state index in [2.05, 4.69) is 15.5 Å². The van der Waals surface area contributed by atoms with E-state index in [1.807, 2.05) is 20.8 Å². The van der Waals surface area contributed by atoms with Gasteiger partial charge in [-0.05, 0) is 53.8 Å². The van der Waals surface area contributed by atoms with Crippen LogP contribution in [-0.4, -0.2) is 58.6 Å². The van der Waals surface area contributed by atoms with E-state index in [9.17, 15) is 26.7 Å². The van der Waals surface area contributed by atoms with Crippen LogP contribution in [0.3, 0.4) is 0 Å². The molecule has 0 aliphatic heterocycles. The van der Waals surface area contributed by atoms with Gasteiger partial charge in [0.2, 0.25) is 15.3 Å². The number of fused-ring (bicyclic) bond motifs is 1. The number of sulfone groups is 1. The van der Waals surface area contributed by atoms with Crippen molar-refractivity contribution in [2.75, 3.05) is 11.9 Å². The first-order valence-electron chi connectivity index (χ1n) is 13.4. The van der Waals surface area contributed by atoms with Crippen LogP contribution in [0.5, 0.6) is 5.75 Å². The molecule has 0 amide bonds. The Labute approximate surface area is 245 Å². The zero-order valence-corrected chi connectivity index (χ0v) is 24.6. The standard InChI is InChI=1S/C29H30F4N4O5S/c1-16-10-22(35-23-20(16)11-18(41-15-29(31,32)33)12-21(23)27(2,3)4)24-36-37-26(42-24)34-17-13-28(38,14-17)25(30)43(39,40)19-8-6-5-7-9-19/h5-12,17,25,38H,13-15H2,1-4H3,(H,34,37)/t17-,25?,28+. The maximum Gasteiger partial charge on any atom is 0.422 e. The third-order valence-corrected chi connectivity index (χ3v) is 9.16. The predicted molar refractivity (Wildman–Crippen MR) is 150 cm³/mol. The van der Waals surface area contributed by atoms with E-state index in [-0.39, 0.29) is 35.4 Å². The number of anilines is 1. The van der Waals surface area contributed by atoms with Crippen molar-refractivity contribution in [1.82, 2.24) is 15.2 Å². The molecule has 0 spiro atoms. The fraction of sp³-hybridized carbons (Fsp3) is 0.414. The second-order valence-electron chi connectivity index (χ2n) is 11.8. The van der Waals surface area contributed by atoms with Gasteiger partial charge in [0.25, 0.3) is 5.89 Å². The van der Waals surface area contributed by atoms with E-state index in [0.29, 0.717) is 27.7 Å². The Balaban J connectivity index is 1.34. The number of nitrogens with zero attached hydrogens (tertiary/aromatic N) is 3. The molecule has 230 valence electrons. The molecule has 9 nitrogen and oxygen atoms in total. The van der Waals surface area contributed by atoms with Crippen molar-refractivity contribution < 1.29 is 40.2 Å². The topological polar surface area (TPSA) is 127 Å². The molecule has 1 saturated carbocycles. The molecular weight excluding hydrogens is 592 g/mol. The molecule has 2 heterocycles. The van der Waals surface area contributed by atoms with Gasteiger partial charge in [-0.25, -0.2) is 17.8 Å². The molecule has 1 fully saturated rings. The summed E-state index contributed by atoms with van der Waals surface area (Å²) >= 11 is 0.